The van der Waals surface area contributed by atoms with E-state index < -0.39 is 0 Å². The molecule has 0 spiro atoms. The molecule has 0 saturated carbocycles. The topological polar surface area (TPSA) is 0 Å². The van der Waals surface area contributed by atoms with Crippen molar-refractivity contribution < 1.29 is 67.9 Å². The fourth-order valence-electron chi connectivity index (χ4n) is 0. The Labute approximate surface area is 78.2 Å². The van der Waals surface area contributed by atoms with Crippen LogP contribution < -0.4 is 67.9 Å². The van der Waals surface area contributed by atoms with Gasteiger partial charge >= 0.3 is 11.0 Å². The van der Waals surface area contributed by atoms with Crippen LogP contribution in [0.1, 0.15) is 0 Å². The summed E-state index contributed by atoms with van der Waals surface area (Å²) in [6.45, 7) is 0. The van der Waals surface area contributed by atoms with Crippen molar-refractivity contribution in [2.75, 3.05) is 0 Å². The van der Waals surface area contributed by atoms with Crippen LogP contribution in [0.2, 0.25) is 0 Å². The zero-order valence-corrected chi connectivity index (χ0v) is 9.36. The van der Waals surface area contributed by atoms with Gasteiger partial charge in [0.2, 0.25) is 0 Å². The Bertz CT molecular complexity index is 3.61. The van der Waals surface area contributed by atoms with Crippen LogP contribution in [0.3, 0.4) is 0 Å². The van der Waals surface area contributed by atoms with Crippen molar-refractivity contribution in [2.45, 2.75) is 0 Å². The average molecular weight is 348 g/mol. The molecule has 0 heterocycles. The minimum absolute atomic E-state index is 0. The van der Waals surface area contributed by atoms with E-state index in [1.165, 1.54) is 0 Å². The van der Waals surface area contributed by atoms with Crippen LogP contribution in [0.15, 0.2) is 0 Å². The third-order valence-corrected chi connectivity index (χ3v) is 0. The number of hydrogen-bond donors (Lipinski definition) is 0. The largest absolute Gasteiger partial charge is 4.00 e. The third kappa shape index (κ3) is 23.0. The van der Waals surface area contributed by atoms with Gasteiger partial charge in [-0.2, -0.15) is 0 Å². The Morgan fingerprint density at radius 2 is 0.400 bits per heavy atom. The normalized spacial score (nSPS) is 0. The molecule has 0 unspecified atom stereocenters. The molecule has 0 aromatic heterocycles. The molecule has 0 aromatic carbocycles. The molecule has 0 nitrogen and oxygen atoms in total. The molecule has 0 amide bonds. The van der Waals surface area contributed by atoms with E-state index in [0.717, 1.165) is 0 Å². The summed E-state index contributed by atoms with van der Waals surface area (Å²) in [5.74, 6) is 0. The van der Waals surface area contributed by atoms with E-state index in [2.05, 4.69) is 0 Å². The standard InChI is InChI=1S/4BrH.Si/h4*1H;/q;;;;+4/p-4. The third-order valence-electron chi connectivity index (χ3n) is 0. The van der Waals surface area contributed by atoms with Gasteiger partial charge in [-0.25, -0.2) is 0 Å². The number of hydrogen-bond acceptors (Lipinski definition) is 0. The van der Waals surface area contributed by atoms with Crippen molar-refractivity contribution in [1.29, 1.82) is 0 Å². The van der Waals surface area contributed by atoms with E-state index in [1.54, 1.807) is 0 Å². The summed E-state index contributed by atoms with van der Waals surface area (Å²) in [6.07, 6.45) is 0. The van der Waals surface area contributed by atoms with E-state index in [1.807, 2.05) is 0 Å². The minimum Gasteiger partial charge on any atom is -1.00 e. The van der Waals surface area contributed by atoms with Crippen molar-refractivity contribution in [2.24, 2.45) is 0 Å². The second-order valence-corrected chi connectivity index (χ2v) is 0. The average Bonchev–Trinajstić information content (AvgIpc) is 0. The van der Waals surface area contributed by atoms with Gasteiger partial charge in [0.05, 0.1) is 0 Å². The smallest absolute Gasteiger partial charge is 1.00 e. The van der Waals surface area contributed by atoms with Crippen molar-refractivity contribution in [3.05, 3.63) is 0 Å². The number of halogens is 4. The molecule has 0 aliphatic heterocycles. The van der Waals surface area contributed by atoms with Gasteiger partial charge in [-0.05, 0) is 0 Å². The van der Waals surface area contributed by atoms with Crippen LogP contribution >= 0.6 is 0 Å². The molecule has 5 heavy (non-hydrogen) atoms. The van der Waals surface area contributed by atoms with Gasteiger partial charge < -0.3 is 67.9 Å². The maximum absolute atomic E-state index is 0. The van der Waals surface area contributed by atoms with Crippen LogP contribution in [-0.4, -0.2) is 11.0 Å². The monoisotopic (exact) mass is 344 g/mol. The van der Waals surface area contributed by atoms with Crippen molar-refractivity contribution in [3.8, 4) is 0 Å². The Morgan fingerprint density at radius 1 is 0.400 bits per heavy atom. The molecular weight excluding hydrogens is 348 g/mol. The van der Waals surface area contributed by atoms with Crippen LogP contribution in [0.5, 0.6) is 0 Å². The molecule has 0 N–H and O–H groups in total. The van der Waals surface area contributed by atoms with Crippen LogP contribution in [0, 0.1) is 0 Å². The van der Waals surface area contributed by atoms with Crippen LogP contribution in [-0.2, 0) is 0 Å². The van der Waals surface area contributed by atoms with Gasteiger partial charge in [0.1, 0.15) is 0 Å². The van der Waals surface area contributed by atoms with Gasteiger partial charge in [-0.15, -0.1) is 0 Å². The molecule has 0 saturated heterocycles. The summed E-state index contributed by atoms with van der Waals surface area (Å²) >= 11 is 0. The maximum Gasteiger partial charge on any atom is 4.00 e. The molecule has 5 heteroatoms. The Hall–Kier alpha value is 2.14. The first-order valence-electron chi connectivity index (χ1n) is 0. The molecule has 0 atom stereocenters. The summed E-state index contributed by atoms with van der Waals surface area (Å²) in [4.78, 5) is 0. The first-order chi connectivity index (χ1) is 0. The quantitative estimate of drug-likeness (QED) is 0.382. The molecule has 0 radical (unpaired) electrons. The van der Waals surface area contributed by atoms with Crippen LogP contribution in [0.4, 0.5) is 0 Å². The summed E-state index contributed by atoms with van der Waals surface area (Å²) < 4.78 is 0. The molecule has 0 rings (SSSR count). The van der Waals surface area contributed by atoms with Crippen molar-refractivity contribution in [1.82, 2.24) is 0 Å². The summed E-state index contributed by atoms with van der Waals surface area (Å²) in [6, 6.07) is 0. The molecule has 0 aromatic rings. The fraction of sp³-hybridized carbons (Fsp3) is 0. The fourth-order valence-corrected chi connectivity index (χ4v) is 0. The second kappa shape index (κ2) is 35.5. The number of rotatable bonds is 0. The first-order valence-corrected chi connectivity index (χ1v) is 0. The van der Waals surface area contributed by atoms with Gasteiger partial charge in [-0.3, -0.25) is 0 Å². The van der Waals surface area contributed by atoms with Crippen molar-refractivity contribution in [3.63, 3.8) is 0 Å². The van der Waals surface area contributed by atoms with E-state index in [4.69, 9.17) is 0 Å². The van der Waals surface area contributed by atoms with Gasteiger partial charge in [0.25, 0.3) is 0 Å². The molecule has 0 fully saturated rings. The molecule has 0 aliphatic carbocycles. The first kappa shape index (κ1) is 58.9. The Kier molecular flexibility index (Phi) is 418. The van der Waals surface area contributed by atoms with Gasteiger partial charge in [0, 0.05) is 0 Å². The van der Waals surface area contributed by atoms with Gasteiger partial charge in [-0.1, -0.05) is 0 Å². The molecular formula is Br4Si. The molecule has 32 valence electrons. The van der Waals surface area contributed by atoms with E-state index in [0.29, 0.717) is 0 Å². The predicted molar refractivity (Wildman–Crippen MR) is 5.75 cm³/mol. The maximum atomic E-state index is 0. The van der Waals surface area contributed by atoms with Gasteiger partial charge in [0.15, 0.2) is 0 Å². The van der Waals surface area contributed by atoms with E-state index in [-0.39, 0.29) is 78.9 Å². The zero-order chi connectivity index (χ0) is 0. The molecule has 0 aliphatic rings. The summed E-state index contributed by atoms with van der Waals surface area (Å²) in [5.41, 5.74) is 0. The molecule has 0 bridgehead atoms. The minimum atomic E-state index is 0. The predicted octanol–water partition coefficient (Wildman–Crippen LogP) is -12.4. The zero-order valence-electron chi connectivity index (χ0n) is 2.01. The second-order valence-electron chi connectivity index (χ2n) is 0. The Morgan fingerprint density at radius 3 is 0.400 bits per heavy atom. The van der Waals surface area contributed by atoms with E-state index in [9.17, 15) is 0 Å². The Balaban J connectivity index is 0. The van der Waals surface area contributed by atoms with Crippen molar-refractivity contribution >= 4 is 11.0 Å². The summed E-state index contributed by atoms with van der Waals surface area (Å²) in [5, 5.41) is 0. The SMILES string of the molecule is [Br-].[Br-].[Br-].[Br-].[Si+4]. The summed E-state index contributed by atoms with van der Waals surface area (Å²) in [7, 11) is 0. The van der Waals surface area contributed by atoms with E-state index >= 15 is 0 Å². The van der Waals surface area contributed by atoms with Crippen LogP contribution in [0.25, 0.3) is 0 Å².